The molecule has 0 radical (unpaired) electrons. The number of nitrogens with one attached hydrogen (secondary N) is 1. The van der Waals surface area contributed by atoms with E-state index in [0.717, 1.165) is 15.3 Å². The zero-order valence-electron chi connectivity index (χ0n) is 16.2. The third kappa shape index (κ3) is 5.46. The van der Waals surface area contributed by atoms with Gasteiger partial charge < -0.3 is 9.73 Å². The minimum Gasteiger partial charge on any atom is -0.388 e. The van der Waals surface area contributed by atoms with Crippen molar-refractivity contribution in [1.82, 2.24) is 14.8 Å². The van der Waals surface area contributed by atoms with E-state index in [9.17, 15) is 14.0 Å². The van der Waals surface area contributed by atoms with Crippen molar-refractivity contribution in [2.75, 3.05) is 5.32 Å². The molecular formula is C22H17FN4O3S. The summed E-state index contributed by atoms with van der Waals surface area (Å²) in [6.45, 7) is -0.309. The summed E-state index contributed by atoms with van der Waals surface area (Å²) in [5.41, 5.74) is 2.07. The lowest BCUT2D eigenvalue weighted by atomic mass is 10.2. The standard InChI is InChI=1S/C22H17FN4O3S/c23-17-9-7-16(8-10-17)21-26-27(22(29)30-21)13-19(28)25-18-5-3-4-15(12-18)14-31-20-6-1-2-11-24-20/h1-12H,13-14H2,(H,25,28). The molecule has 156 valence electrons. The van der Waals surface area contributed by atoms with Crippen LogP contribution < -0.4 is 11.1 Å². The number of pyridine rings is 1. The maximum absolute atomic E-state index is 13.1. The molecule has 2 heterocycles. The summed E-state index contributed by atoms with van der Waals surface area (Å²) in [6.07, 6.45) is 1.74. The topological polar surface area (TPSA) is 90.0 Å². The number of aromatic nitrogens is 3. The number of halogens is 1. The van der Waals surface area contributed by atoms with E-state index in [2.05, 4.69) is 15.4 Å². The number of anilines is 1. The number of benzene rings is 2. The molecule has 0 bridgehead atoms. The SMILES string of the molecule is O=C(Cn1nc(-c2ccc(F)cc2)oc1=O)Nc1cccc(CSc2ccccn2)c1. The van der Waals surface area contributed by atoms with E-state index in [1.807, 2.05) is 36.4 Å². The smallest absolute Gasteiger partial charge is 0.388 e. The zero-order chi connectivity index (χ0) is 21.6. The van der Waals surface area contributed by atoms with E-state index >= 15 is 0 Å². The van der Waals surface area contributed by atoms with Crippen LogP contribution in [-0.4, -0.2) is 20.7 Å². The van der Waals surface area contributed by atoms with Crippen molar-refractivity contribution >= 4 is 23.4 Å². The lowest BCUT2D eigenvalue weighted by molar-refractivity contribution is -0.117. The fraction of sp³-hybridized carbons (Fsp3) is 0.0909. The molecule has 1 N–H and O–H groups in total. The normalized spacial score (nSPS) is 10.7. The lowest BCUT2D eigenvalue weighted by Gasteiger charge is -2.07. The average Bonchev–Trinajstić information content (AvgIpc) is 3.14. The first-order chi connectivity index (χ1) is 15.1. The summed E-state index contributed by atoms with van der Waals surface area (Å²) >= 11 is 1.59. The Balaban J connectivity index is 1.39. The second-order valence-corrected chi connectivity index (χ2v) is 7.54. The Kier molecular flexibility index (Phi) is 6.23. The van der Waals surface area contributed by atoms with Gasteiger partial charge in [0.1, 0.15) is 12.4 Å². The molecule has 31 heavy (non-hydrogen) atoms. The van der Waals surface area contributed by atoms with Crippen LogP contribution in [0.25, 0.3) is 11.5 Å². The van der Waals surface area contributed by atoms with E-state index in [0.29, 0.717) is 17.0 Å². The molecule has 4 aromatic rings. The van der Waals surface area contributed by atoms with Crippen LogP contribution in [0.5, 0.6) is 0 Å². The monoisotopic (exact) mass is 436 g/mol. The van der Waals surface area contributed by atoms with Crippen molar-refractivity contribution in [1.29, 1.82) is 0 Å². The molecule has 2 aromatic heterocycles. The molecule has 0 aliphatic heterocycles. The molecule has 0 atom stereocenters. The first-order valence-corrected chi connectivity index (χ1v) is 10.3. The van der Waals surface area contributed by atoms with Gasteiger partial charge in [0.15, 0.2) is 0 Å². The summed E-state index contributed by atoms with van der Waals surface area (Å²) in [4.78, 5) is 28.7. The molecule has 0 unspecified atom stereocenters. The molecule has 9 heteroatoms. The van der Waals surface area contributed by atoms with Gasteiger partial charge in [-0.05, 0) is 54.1 Å². The summed E-state index contributed by atoms with van der Waals surface area (Å²) in [5, 5.41) is 7.69. The number of carbonyl (C=O) groups is 1. The van der Waals surface area contributed by atoms with Crippen LogP contribution >= 0.6 is 11.8 Å². The Hall–Kier alpha value is -3.72. The summed E-state index contributed by atoms with van der Waals surface area (Å²) < 4.78 is 19.0. The molecule has 7 nitrogen and oxygen atoms in total. The van der Waals surface area contributed by atoms with Gasteiger partial charge in [-0.25, -0.2) is 14.2 Å². The van der Waals surface area contributed by atoms with Crippen molar-refractivity contribution in [3.63, 3.8) is 0 Å². The highest BCUT2D eigenvalue weighted by atomic mass is 32.2. The van der Waals surface area contributed by atoms with Gasteiger partial charge in [0.25, 0.3) is 0 Å². The van der Waals surface area contributed by atoms with Gasteiger partial charge in [-0.3, -0.25) is 4.79 Å². The number of rotatable bonds is 7. The fourth-order valence-electron chi connectivity index (χ4n) is 2.78. The third-order valence-corrected chi connectivity index (χ3v) is 5.24. The van der Waals surface area contributed by atoms with E-state index in [4.69, 9.17) is 4.42 Å². The minimum atomic E-state index is -0.769. The van der Waals surface area contributed by atoms with E-state index < -0.39 is 17.5 Å². The number of thioether (sulfide) groups is 1. The molecule has 0 saturated carbocycles. The second kappa shape index (κ2) is 9.40. The van der Waals surface area contributed by atoms with Gasteiger partial charge in [-0.2, -0.15) is 4.68 Å². The van der Waals surface area contributed by atoms with Crippen molar-refractivity contribution < 1.29 is 13.6 Å². The van der Waals surface area contributed by atoms with Crippen LogP contribution in [0.2, 0.25) is 0 Å². The first-order valence-electron chi connectivity index (χ1n) is 9.33. The first kappa shape index (κ1) is 20.5. The van der Waals surface area contributed by atoms with Gasteiger partial charge in [-0.1, -0.05) is 18.2 Å². The second-order valence-electron chi connectivity index (χ2n) is 6.54. The van der Waals surface area contributed by atoms with Crippen LogP contribution in [-0.2, 0) is 17.1 Å². The Morgan fingerprint density at radius 3 is 2.71 bits per heavy atom. The molecule has 0 saturated heterocycles. The van der Waals surface area contributed by atoms with E-state index in [1.165, 1.54) is 24.3 Å². The Bertz CT molecular complexity index is 1240. The number of amides is 1. The maximum Gasteiger partial charge on any atom is 0.437 e. The van der Waals surface area contributed by atoms with Crippen molar-refractivity contribution in [2.24, 2.45) is 0 Å². The summed E-state index contributed by atoms with van der Waals surface area (Å²) in [5.74, 6) is -0.882. The molecular weight excluding hydrogens is 419 g/mol. The molecule has 4 rings (SSSR count). The van der Waals surface area contributed by atoms with Gasteiger partial charge in [0.05, 0.1) is 5.03 Å². The molecule has 0 aliphatic rings. The van der Waals surface area contributed by atoms with Crippen LogP contribution in [0.1, 0.15) is 5.56 Å². The van der Waals surface area contributed by atoms with Gasteiger partial charge in [-0.15, -0.1) is 16.9 Å². The Morgan fingerprint density at radius 1 is 1.10 bits per heavy atom. The summed E-state index contributed by atoms with van der Waals surface area (Å²) in [7, 11) is 0. The van der Waals surface area contributed by atoms with E-state index in [1.54, 1.807) is 24.0 Å². The van der Waals surface area contributed by atoms with Crippen molar-refractivity contribution in [3.8, 4) is 11.5 Å². The number of carbonyl (C=O) groups excluding carboxylic acids is 1. The highest BCUT2D eigenvalue weighted by Gasteiger charge is 2.13. The third-order valence-electron chi connectivity index (χ3n) is 4.23. The predicted octanol–water partition coefficient (Wildman–Crippen LogP) is 3.97. The maximum atomic E-state index is 13.1. The lowest BCUT2D eigenvalue weighted by Crippen LogP contribution is -2.25. The van der Waals surface area contributed by atoms with Crippen molar-refractivity contribution in [3.05, 3.63) is 94.9 Å². The van der Waals surface area contributed by atoms with Crippen molar-refractivity contribution in [2.45, 2.75) is 17.3 Å². The predicted molar refractivity (Wildman–Crippen MR) is 115 cm³/mol. The average molecular weight is 436 g/mol. The minimum absolute atomic E-state index is 0.0198. The van der Waals surface area contributed by atoms with Crippen LogP contribution in [0.3, 0.4) is 0 Å². The highest BCUT2D eigenvalue weighted by molar-refractivity contribution is 7.98. The van der Waals surface area contributed by atoms with Crippen LogP contribution in [0, 0.1) is 5.82 Å². The fourth-order valence-corrected chi connectivity index (χ4v) is 3.58. The number of nitrogens with zero attached hydrogens (tertiary/aromatic N) is 3. The summed E-state index contributed by atoms with van der Waals surface area (Å²) in [6, 6.07) is 18.5. The quantitative estimate of drug-likeness (QED) is 0.441. The van der Waals surface area contributed by atoms with Gasteiger partial charge >= 0.3 is 5.76 Å². The van der Waals surface area contributed by atoms with Crippen LogP contribution in [0.4, 0.5) is 10.1 Å². The molecule has 0 aliphatic carbocycles. The number of hydrogen-bond acceptors (Lipinski definition) is 6. The van der Waals surface area contributed by atoms with Gasteiger partial charge in [0.2, 0.25) is 11.8 Å². The molecule has 2 aromatic carbocycles. The zero-order valence-corrected chi connectivity index (χ0v) is 17.0. The molecule has 0 spiro atoms. The van der Waals surface area contributed by atoms with Gasteiger partial charge in [0, 0.05) is 23.2 Å². The Morgan fingerprint density at radius 2 is 1.94 bits per heavy atom. The van der Waals surface area contributed by atoms with E-state index in [-0.39, 0.29) is 12.4 Å². The van der Waals surface area contributed by atoms with Crippen LogP contribution in [0.15, 0.2) is 87.2 Å². The highest BCUT2D eigenvalue weighted by Crippen LogP contribution is 2.22. The number of hydrogen-bond donors (Lipinski definition) is 1. The molecule has 1 amide bonds. The molecule has 0 fully saturated rings. The largest absolute Gasteiger partial charge is 0.437 e. The Labute approximate surface area is 180 Å².